The highest BCUT2D eigenvalue weighted by atomic mass is 28.4. The van der Waals surface area contributed by atoms with Gasteiger partial charge in [-0.05, 0) is 22.8 Å². The van der Waals surface area contributed by atoms with Gasteiger partial charge in [-0.2, -0.15) is 0 Å². The number of rotatable bonds is 8. The van der Waals surface area contributed by atoms with E-state index in [0.717, 1.165) is 0 Å². The van der Waals surface area contributed by atoms with Crippen molar-refractivity contribution in [2.24, 2.45) is 0 Å². The lowest BCUT2D eigenvalue weighted by Gasteiger charge is -2.35. The average molecular weight is 369 g/mol. The van der Waals surface area contributed by atoms with Crippen molar-refractivity contribution in [2.75, 3.05) is 13.2 Å². The predicted molar refractivity (Wildman–Crippen MR) is 108 cm³/mol. The number of ether oxygens (including phenoxy) is 1. The van der Waals surface area contributed by atoms with Gasteiger partial charge < -0.3 is 14.3 Å². The SMILES string of the molecule is CC(C)[Si](OC/C=C/[C@H](O)C1(C)CO1)(c1ccccc1)c1ccccc1. The molecule has 0 aliphatic carbocycles. The van der Waals surface area contributed by atoms with Crippen LogP contribution in [-0.2, 0) is 9.16 Å². The zero-order valence-corrected chi connectivity index (χ0v) is 16.8. The van der Waals surface area contributed by atoms with E-state index in [9.17, 15) is 5.11 Å². The molecule has 1 N–H and O–H groups in total. The maximum absolute atomic E-state index is 10.2. The lowest BCUT2D eigenvalue weighted by Crippen LogP contribution is -2.63. The molecule has 0 radical (unpaired) electrons. The van der Waals surface area contributed by atoms with Crippen LogP contribution in [0.1, 0.15) is 20.8 Å². The van der Waals surface area contributed by atoms with Gasteiger partial charge in [-0.15, -0.1) is 0 Å². The van der Waals surface area contributed by atoms with Crippen molar-refractivity contribution in [3.63, 3.8) is 0 Å². The summed E-state index contributed by atoms with van der Waals surface area (Å²) in [5.74, 6) is 0. The molecule has 0 amide bonds. The van der Waals surface area contributed by atoms with E-state index < -0.39 is 20.0 Å². The van der Waals surface area contributed by atoms with Crippen LogP contribution >= 0.6 is 0 Å². The van der Waals surface area contributed by atoms with Crippen LogP contribution in [0.15, 0.2) is 72.8 Å². The highest BCUT2D eigenvalue weighted by molar-refractivity contribution is 6.98. The van der Waals surface area contributed by atoms with Gasteiger partial charge in [0.05, 0.1) is 13.2 Å². The Labute approximate surface area is 157 Å². The molecule has 1 heterocycles. The molecule has 3 nitrogen and oxygen atoms in total. The Bertz CT molecular complexity index is 684. The summed E-state index contributed by atoms with van der Waals surface area (Å²) in [6.45, 7) is 7.48. The summed E-state index contributed by atoms with van der Waals surface area (Å²) in [5.41, 5.74) is -0.0445. The smallest absolute Gasteiger partial charge is 0.258 e. The molecule has 3 rings (SSSR count). The molecule has 0 spiro atoms. The van der Waals surface area contributed by atoms with E-state index in [0.29, 0.717) is 18.8 Å². The van der Waals surface area contributed by atoms with E-state index in [-0.39, 0.29) is 0 Å². The zero-order valence-electron chi connectivity index (χ0n) is 15.8. The summed E-state index contributed by atoms with van der Waals surface area (Å²) in [6, 6.07) is 21.1. The Hall–Kier alpha value is -1.72. The van der Waals surface area contributed by atoms with Crippen LogP contribution in [-0.4, -0.2) is 38.3 Å². The first-order chi connectivity index (χ1) is 12.5. The molecule has 2 aromatic carbocycles. The molecule has 4 heteroatoms. The lowest BCUT2D eigenvalue weighted by atomic mass is 10.1. The first-order valence-corrected chi connectivity index (χ1v) is 11.2. The van der Waals surface area contributed by atoms with E-state index in [2.05, 4.69) is 62.4 Å². The molecule has 1 aliphatic rings. The van der Waals surface area contributed by atoms with E-state index in [1.807, 2.05) is 25.1 Å². The van der Waals surface area contributed by atoms with Crippen molar-refractivity contribution < 1.29 is 14.3 Å². The van der Waals surface area contributed by atoms with E-state index in [1.54, 1.807) is 6.08 Å². The number of aliphatic hydroxyl groups is 1. The maximum Gasteiger partial charge on any atom is 0.258 e. The van der Waals surface area contributed by atoms with Crippen LogP contribution in [0.3, 0.4) is 0 Å². The third kappa shape index (κ3) is 3.84. The number of hydrogen-bond donors (Lipinski definition) is 1. The van der Waals surface area contributed by atoms with E-state index >= 15 is 0 Å². The Morgan fingerprint density at radius 2 is 1.58 bits per heavy atom. The van der Waals surface area contributed by atoms with Gasteiger partial charge in [0.1, 0.15) is 11.7 Å². The van der Waals surface area contributed by atoms with E-state index in [4.69, 9.17) is 9.16 Å². The number of aliphatic hydroxyl groups excluding tert-OH is 1. The van der Waals surface area contributed by atoms with Crippen LogP contribution < -0.4 is 10.4 Å². The summed E-state index contributed by atoms with van der Waals surface area (Å²) in [7, 11) is -2.39. The first-order valence-electron chi connectivity index (χ1n) is 9.23. The maximum atomic E-state index is 10.2. The second kappa shape index (κ2) is 7.88. The third-order valence-electron chi connectivity index (χ3n) is 5.17. The minimum absolute atomic E-state index is 0.370. The van der Waals surface area contributed by atoms with Crippen molar-refractivity contribution in [1.29, 1.82) is 0 Å². The Kier molecular flexibility index (Phi) is 5.78. The molecule has 0 saturated carbocycles. The van der Waals surface area contributed by atoms with Gasteiger partial charge in [-0.25, -0.2) is 0 Å². The van der Waals surface area contributed by atoms with Crippen molar-refractivity contribution in [3.05, 3.63) is 72.8 Å². The molecule has 26 heavy (non-hydrogen) atoms. The summed E-state index contributed by atoms with van der Waals surface area (Å²) >= 11 is 0. The zero-order chi connectivity index (χ0) is 18.6. The molecule has 1 aliphatic heterocycles. The quantitative estimate of drug-likeness (QED) is 0.443. The van der Waals surface area contributed by atoms with Crippen molar-refractivity contribution in [2.45, 2.75) is 38.0 Å². The number of benzene rings is 2. The molecule has 138 valence electrons. The molecule has 1 unspecified atom stereocenters. The van der Waals surface area contributed by atoms with Gasteiger partial charge in [-0.3, -0.25) is 0 Å². The predicted octanol–water partition coefficient (Wildman–Crippen LogP) is 2.88. The third-order valence-corrected chi connectivity index (χ3v) is 9.80. The molecule has 0 bridgehead atoms. The molecule has 0 aromatic heterocycles. The first kappa shape index (κ1) is 19.0. The molecule has 2 aromatic rings. The average Bonchev–Trinajstić information content (AvgIpc) is 3.42. The Morgan fingerprint density at radius 1 is 1.08 bits per heavy atom. The minimum atomic E-state index is -2.39. The van der Waals surface area contributed by atoms with Gasteiger partial charge in [0.25, 0.3) is 8.32 Å². The number of hydrogen-bond acceptors (Lipinski definition) is 3. The summed E-state index contributed by atoms with van der Waals surface area (Å²) in [6.07, 6.45) is 3.13. The summed E-state index contributed by atoms with van der Waals surface area (Å²) in [5, 5.41) is 12.7. The lowest BCUT2D eigenvalue weighted by molar-refractivity contribution is 0.123. The van der Waals surface area contributed by atoms with Crippen LogP contribution in [0.25, 0.3) is 0 Å². The summed E-state index contributed by atoms with van der Waals surface area (Å²) < 4.78 is 11.9. The van der Waals surface area contributed by atoms with Gasteiger partial charge in [0, 0.05) is 0 Å². The van der Waals surface area contributed by atoms with Crippen molar-refractivity contribution in [1.82, 2.24) is 0 Å². The summed E-state index contributed by atoms with van der Waals surface area (Å²) in [4.78, 5) is 0. The van der Waals surface area contributed by atoms with Crippen LogP contribution in [0.4, 0.5) is 0 Å². The Morgan fingerprint density at radius 3 is 2.00 bits per heavy atom. The normalized spacial score (nSPS) is 21.3. The van der Waals surface area contributed by atoms with Gasteiger partial charge in [-0.1, -0.05) is 86.7 Å². The van der Waals surface area contributed by atoms with Gasteiger partial charge in [0.2, 0.25) is 0 Å². The molecule has 1 saturated heterocycles. The fraction of sp³-hybridized carbons (Fsp3) is 0.364. The Balaban J connectivity index is 1.87. The molecule has 2 atom stereocenters. The fourth-order valence-electron chi connectivity index (χ4n) is 3.39. The molecule has 1 fully saturated rings. The fourth-order valence-corrected chi connectivity index (χ4v) is 7.46. The molecular weight excluding hydrogens is 340 g/mol. The van der Waals surface area contributed by atoms with E-state index in [1.165, 1.54) is 10.4 Å². The van der Waals surface area contributed by atoms with Crippen LogP contribution in [0.5, 0.6) is 0 Å². The monoisotopic (exact) mass is 368 g/mol. The van der Waals surface area contributed by atoms with Gasteiger partial charge in [0.15, 0.2) is 0 Å². The topological polar surface area (TPSA) is 42.0 Å². The van der Waals surface area contributed by atoms with Gasteiger partial charge >= 0.3 is 0 Å². The largest absolute Gasteiger partial charge is 0.404 e. The highest BCUT2D eigenvalue weighted by Crippen LogP contribution is 2.30. The number of epoxide rings is 1. The van der Waals surface area contributed by atoms with Crippen LogP contribution in [0.2, 0.25) is 5.54 Å². The van der Waals surface area contributed by atoms with Crippen molar-refractivity contribution >= 4 is 18.7 Å². The second-order valence-corrected chi connectivity index (χ2v) is 11.5. The minimum Gasteiger partial charge on any atom is -0.404 e. The highest BCUT2D eigenvalue weighted by Gasteiger charge is 2.45. The van der Waals surface area contributed by atoms with Crippen LogP contribution in [0, 0.1) is 0 Å². The van der Waals surface area contributed by atoms with Crippen molar-refractivity contribution in [3.8, 4) is 0 Å². The molecular formula is C22H28O3Si. The standard InChI is InChI=1S/C22H28O3Si/c1-18(2)26(19-11-6-4-7-12-19,20-13-8-5-9-14-20)25-16-10-15-21(23)22(3)17-24-22/h4-15,18,21,23H,16-17H2,1-3H3/b15-10+/t21-,22?/m0/s1. The second-order valence-electron chi connectivity index (χ2n) is 7.41.